The van der Waals surface area contributed by atoms with E-state index in [-0.39, 0.29) is 23.4 Å². The third-order valence-electron chi connectivity index (χ3n) is 5.89. The molecule has 3 aliphatic rings. The summed E-state index contributed by atoms with van der Waals surface area (Å²) in [7, 11) is 0. The molecule has 2 aromatic rings. The summed E-state index contributed by atoms with van der Waals surface area (Å²) in [5.74, 6) is -3.22. The molecule has 0 amide bonds. The molecule has 0 radical (unpaired) electrons. The number of carboxylic acid groups (broad SMARTS) is 2. The number of hydrogen-bond donors (Lipinski definition) is 3. The lowest BCUT2D eigenvalue weighted by Crippen LogP contribution is -2.43. The molecule has 0 bridgehead atoms. The second-order valence-corrected chi connectivity index (χ2v) is 8.23. The van der Waals surface area contributed by atoms with E-state index in [0.29, 0.717) is 30.7 Å². The van der Waals surface area contributed by atoms with Crippen molar-refractivity contribution in [3.05, 3.63) is 39.9 Å². The molecule has 0 spiro atoms. The van der Waals surface area contributed by atoms with Crippen LogP contribution in [0.1, 0.15) is 42.1 Å². The van der Waals surface area contributed by atoms with E-state index in [9.17, 15) is 28.7 Å². The predicted octanol–water partition coefficient (Wildman–Crippen LogP) is 1.36. The molecule has 1 saturated carbocycles. The Kier molecular flexibility index (Phi) is 6.32. The van der Waals surface area contributed by atoms with Gasteiger partial charge in [-0.25, -0.2) is 14.0 Å². The number of aromatic nitrogens is 1. The van der Waals surface area contributed by atoms with Gasteiger partial charge >= 0.3 is 17.9 Å². The van der Waals surface area contributed by atoms with Crippen molar-refractivity contribution in [2.75, 3.05) is 31.1 Å². The van der Waals surface area contributed by atoms with Gasteiger partial charge in [0.2, 0.25) is 5.43 Å². The van der Waals surface area contributed by atoms with Crippen molar-refractivity contribution in [3.63, 3.8) is 0 Å². The minimum Gasteiger partial charge on any atom is -0.479 e. The fourth-order valence-corrected chi connectivity index (χ4v) is 4.01. The summed E-state index contributed by atoms with van der Waals surface area (Å²) < 4.78 is 20.8. The van der Waals surface area contributed by atoms with Crippen LogP contribution in [-0.4, -0.2) is 65.0 Å². The van der Waals surface area contributed by atoms with Gasteiger partial charge in [0.15, 0.2) is 6.10 Å². The minimum atomic E-state index is -1.28. The van der Waals surface area contributed by atoms with Gasteiger partial charge in [0.25, 0.3) is 0 Å². The molecule has 1 aromatic heterocycles. The van der Waals surface area contributed by atoms with E-state index in [1.165, 1.54) is 12.3 Å². The number of carbonyl (C=O) groups excluding carboxylic acids is 1. The van der Waals surface area contributed by atoms with Gasteiger partial charge in [-0.1, -0.05) is 0 Å². The molecule has 11 heteroatoms. The molecule has 3 fully saturated rings. The lowest BCUT2D eigenvalue weighted by Gasteiger charge is -2.30. The van der Waals surface area contributed by atoms with Crippen molar-refractivity contribution in [1.82, 2.24) is 9.88 Å². The van der Waals surface area contributed by atoms with Crippen molar-refractivity contribution < 1.29 is 33.7 Å². The van der Waals surface area contributed by atoms with E-state index in [1.54, 1.807) is 6.07 Å². The van der Waals surface area contributed by atoms with Crippen LogP contribution in [0.15, 0.2) is 23.1 Å². The SMILES string of the molecule is O=C(O)c1cn(C2CC2)c2cc(N3CCNCC3)c(F)cc2c1=O.O=C1CC[C@@H](C(=O)O)O1. The van der Waals surface area contributed by atoms with Crippen LogP contribution in [0.2, 0.25) is 0 Å². The molecule has 3 heterocycles. The van der Waals surface area contributed by atoms with Crippen LogP contribution in [0.3, 0.4) is 0 Å². The van der Waals surface area contributed by atoms with Crippen molar-refractivity contribution >= 4 is 34.5 Å². The summed E-state index contributed by atoms with van der Waals surface area (Å²) in [5, 5.41) is 20.9. The Balaban J connectivity index is 0.000000243. The maximum atomic E-state index is 14.6. The summed E-state index contributed by atoms with van der Waals surface area (Å²) in [4.78, 5) is 46.1. The number of piperazine rings is 1. The van der Waals surface area contributed by atoms with Crippen molar-refractivity contribution in [2.24, 2.45) is 0 Å². The maximum absolute atomic E-state index is 14.6. The molecular formula is C22H24FN3O7. The number of nitrogens with one attached hydrogen (secondary N) is 1. The summed E-state index contributed by atoms with van der Waals surface area (Å²) >= 11 is 0. The van der Waals surface area contributed by atoms with Gasteiger partial charge in [-0.15, -0.1) is 0 Å². The fourth-order valence-electron chi connectivity index (χ4n) is 4.01. The average molecular weight is 461 g/mol. The number of ether oxygens (including phenoxy) is 1. The first-order valence-electron chi connectivity index (χ1n) is 10.8. The Labute approximate surface area is 187 Å². The number of esters is 1. The number of carboxylic acids is 2. The average Bonchev–Trinajstić information content (AvgIpc) is 3.54. The van der Waals surface area contributed by atoms with Crippen LogP contribution < -0.4 is 15.6 Å². The highest BCUT2D eigenvalue weighted by Crippen LogP contribution is 2.38. The van der Waals surface area contributed by atoms with E-state index >= 15 is 0 Å². The molecule has 1 atom stereocenters. The zero-order chi connectivity index (χ0) is 23.7. The van der Waals surface area contributed by atoms with E-state index in [1.807, 2.05) is 9.47 Å². The molecule has 5 rings (SSSR count). The molecule has 0 unspecified atom stereocenters. The lowest BCUT2D eigenvalue weighted by atomic mass is 10.1. The van der Waals surface area contributed by atoms with Gasteiger partial charge < -0.3 is 29.7 Å². The number of halogens is 1. The molecule has 2 saturated heterocycles. The fraction of sp³-hybridized carbons (Fsp3) is 0.455. The van der Waals surface area contributed by atoms with Crippen LogP contribution >= 0.6 is 0 Å². The van der Waals surface area contributed by atoms with Crippen LogP contribution in [0, 0.1) is 5.82 Å². The quantitative estimate of drug-likeness (QED) is 0.576. The third-order valence-corrected chi connectivity index (χ3v) is 5.89. The third kappa shape index (κ3) is 4.82. The standard InChI is InChI=1S/C17H18FN3O3.C5H6O4/c18-13-7-11-14(8-15(13)20-5-3-19-4-6-20)21(10-1-2-10)9-12(16(11)22)17(23)24;6-4-2-1-3(9-4)5(7)8/h7-10,19H,1-6H2,(H,23,24);3H,1-2H2,(H,7,8)/t;3-/m.0/s1. The van der Waals surface area contributed by atoms with E-state index in [2.05, 4.69) is 10.1 Å². The monoisotopic (exact) mass is 461 g/mol. The molecule has 1 aromatic carbocycles. The number of aromatic carboxylic acids is 1. The van der Waals surface area contributed by atoms with Crippen molar-refractivity contribution in [3.8, 4) is 0 Å². The van der Waals surface area contributed by atoms with Gasteiger partial charge in [0.1, 0.15) is 11.4 Å². The number of hydrogen-bond acceptors (Lipinski definition) is 7. The topological polar surface area (TPSA) is 138 Å². The zero-order valence-corrected chi connectivity index (χ0v) is 17.8. The van der Waals surface area contributed by atoms with Crippen molar-refractivity contribution in [1.29, 1.82) is 0 Å². The maximum Gasteiger partial charge on any atom is 0.345 e. The van der Waals surface area contributed by atoms with Gasteiger partial charge in [0.05, 0.1) is 11.2 Å². The van der Waals surface area contributed by atoms with Crippen LogP contribution in [-0.2, 0) is 14.3 Å². The minimum absolute atomic E-state index is 0.137. The normalized spacial score (nSPS) is 20.2. The van der Waals surface area contributed by atoms with Crippen LogP contribution in [0.5, 0.6) is 0 Å². The van der Waals surface area contributed by atoms with Gasteiger partial charge in [0, 0.05) is 56.6 Å². The Morgan fingerprint density at radius 2 is 1.79 bits per heavy atom. The number of benzene rings is 1. The smallest absolute Gasteiger partial charge is 0.345 e. The Morgan fingerprint density at radius 3 is 2.30 bits per heavy atom. The van der Waals surface area contributed by atoms with E-state index < -0.39 is 35.3 Å². The highest BCUT2D eigenvalue weighted by Gasteiger charge is 2.29. The Bertz CT molecular complexity index is 1170. The molecule has 176 valence electrons. The Morgan fingerprint density at radius 1 is 1.09 bits per heavy atom. The first kappa shape index (κ1) is 22.7. The number of cyclic esters (lactones) is 1. The summed E-state index contributed by atoms with van der Waals surface area (Å²) in [6.45, 7) is 2.96. The number of nitrogens with zero attached hydrogens (tertiary/aromatic N) is 2. The number of anilines is 1. The molecule has 1 aliphatic carbocycles. The highest BCUT2D eigenvalue weighted by atomic mass is 19.1. The highest BCUT2D eigenvalue weighted by molar-refractivity contribution is 5.93. The second-order valence-electron chi connectivity index (χ2n) is 8.23. The van der Waals surface area contributed by atoms with Gasteiger partial charge in [-0.2, -0.15) is 0 Å². The molecule has 2 aliphatic heterocycles. The summed E-state index contributed by atoms with van der Waals surface area (Å²) in [6, 6.07) is 3.08. The number of rotatable bonds is 4. The second kappa shape index (κ2) is 9.18. The number of carbonyl (C=O) groups is 3. The van der Waals surface area contributed by atoms with Gasteiger partial charge in [-0.05, 0) is 25.0 Å². The van der Waals surface area contributed by atoms with E-state index in [0.717, 1.165) is 25.9 Å². The largest absolute Gasteiger partial charge is 0.479 e. The first-order chi connectivity index (χ1) is 15.8. The summed E-state index contributed by atoms with van der Waals surface area (Å²) in [5.41, 5.74) is 0.159. The molecule has 10 nitrogen and oxygen atoms in total. The molecule has 3 N–H and O–H groups in total. The molecular weight excluding hydrogens is 437 g/mol. The summed E-state index contributed by atoms with van der Waals surface area (Å²) in [6.07, 6.45) is 2.95. The number of aliphatic carboxylic acids is 1. The lowest BCUT2D eigenvalue weighted by molar-refractivity contribution is -0.156. The van der Waals surface area contributed by atoms with Gasteiger partial charge in [-0.3, -0.25) is 9.59 Å². The number of pyridine rings is 1. The molecule has 33 heavy (non-hydrogen) atoms. The number of fused-ring (bicyclic) bond motifs is 1. The predicted molar refractivity (Wildman–Crippen MR) is 115 cm³/mol. The Hall–Kier alpha value is -3.47. The van der Waals surface area contributed by atoms with Crippen LogP contribution in [0.25, 0.3) is 10.9 Å². The first-order valence-corrected chi connectivity index (χ1v) is 10.8. The van der Waals surface area contributed by atoms with E-state index in [4.69, 9.17) is 5.11 Å². The van der Waals surface area contributed by atoms with Crippen LogP contribution in [0.4, 0.5) is 10.1 Å². The zero-order valence-electron chi connectivity index (χ0n) is 17.8. The van der Waals surface area contributed by atoms with Crippen molar-refractivity contribution in [2.45, 2.75) is 37.8 Å².